The predicted octanol–water partition coefficient (Wildman–Crippen LogP) is 2.69. The Balaban J connectivity index is 2.24. The molecular weight excluding hydrogens is 234 g/mol. The molecule has 1 aliphatic carbocycles. The van der Waals surface area contributed by atoms with Gasteiger partial charge in [0.25, 0.3) is 0 Å². The molecule has 3 nitrogen and oxygen atoms in total. The molecule has 17 heavy (non-hydrogen) atoms. The Morgan fingerprint density at radius 2 is 2.35 bits per heavy atom. The highest BCUT2D eigenvalue weighted by Crippen LogP contribution is 2.34. The van der Waals surface area contributed by atoms with Crippen LogP contribution < -0.4 is 10.6 Å². The number of nitrogens with two attached hydrogens (primary N) is 1. The Morgan fingerprint density at radius 1 is 1.53 bits per heavy atom. The van der Waals surface area contributed by atoms with E-state index in [0.29, 0.717) is 12.0 Å². The highest BCUT2D eigenvalue weighted by molar-refractivity contribution is 6.33. The van der Waals surface area contributed by atoms with Crippen LogP contribution in [0.4, 0.5) is 5.69 Å². The molecule has 1 heterocycles. The molecule has 1 aliphatic rings. The molecular formula is C13H20ClN3. The summed E-state index contributed by atoms with van der Waals surface area (Å²) in [5.74, 6) is 0.596. The largest absolute Gasteiger partial charge is 0.367 e. The number of nitrogens with zero attached hydrogens (tertiary/aromatic N) is 2. The van der Waals surface area contributed by atoms with Gasteiger partial charge in [0, 0.05) is 25.0 Å². The molecule has 0 saturated heterocycles. The second kappa shape index (κ2) is 5.69. The predicted molar refractivity (Wildman–Crippen MR) is 72.5 cm³/mol. The molecule has 1 aromatic heterocycles. The highest BCUT2D eigenvalue weighted by atomic mass is 35.5. The van der Waals surface area contributed by atoms with Gasteiger partial charge in [-0.05, 0) is 38.3 Å². The van der Waals surface area contributed by atoms with Crippen molar-refractivity contribution in [2.24, 2.45) is 11.7 Å². The maximum Gasteiger partial charge on any atom is 0.0822 e. The molecule has 0 radical (unpaired) electrons. The van der Waals surface area contributed by atoms with Crippen molar-refractivity contribution in [3.05, 3.63) is 23.5 Å². The number of pyridine rings is 1. The first-order valence-corrected chi connectivity index (χ1v) is 6.72. The van der Waals surface area contributed by atoms with Crippen molar-refractivity contribution in [2.75, 3.05) is 18.0 Å². The molecule has 0 amide bonds. The van der Waals surface area contributed by atoms with Gasteiger partial charge in [-0.15, -0.1) is 0 Å². The number of aromatic nitrogens is 1. The number of hydrogen-bond donors (Lipinski definition) is 1. The fraction of sp³-hybridized carbons (Fsp3) is 0.615. The lowest BCUT2D eigenvalue weighted by Gasteiger charge is -2.34. The highest BCUT2D eigenvalue weighted by Gasteiger charge is 2.31. The summed E-state index contributed by atoms with van der Waals surface area (Å²) in [7, 11) is 0. The van der Waals surface area contributed by atoms with Gasteiger partial charge < -0.3 is 10.6 Å². The summed E-state index contributed by atoms with van der Waals surface area (Å²) in [6.07, 6.45) is 7.24. The summed E-state index contributed by atoms with van der Waals surface area (Å²) >= 11 is 6.23. The van der Waals surface area contributed by atoms with Crippen LogP contribution in [0.3, 0.4) is 0 Å². The van der Waals surface area contributed by atoms with Gasteiger partial charge in [-0.2, -0.15) is 0 Å². The normalized spacial score (nSPS) is 23.9. The molecule has 1 aromatic rings. The van der Waals surface area contributed by atoms with Gasteiger partial charge in [0.1, 0.15) is 0 Å². The van der Waals surface area contributed by atoms with Gasteiger partial charge >= 0.3 is 0 Å². The monoisotopic (exact) mass is 253 g/mol. The van der Waals surface area contributed by atoms with Crippen molar-refractivity contribution >= 4 is 17.3 Å². The molecule has 0 aromatic carbocycles. The van der Waals surface area contributed by atoms with Crippen LogP contribution in [0.15, 0.2) is 18.5 Å². The molecule has 2 atom stereocenters. The van der Waals surface area contributed by atoms with E-state index < -0.39 is 0 Å². The average molecular weight is 254 g/mol. The van der Waals surface area contributed by atoms with Crippen molar-refractivity contribution in [1.29, 1.82) is 0 Å². The third-order valence-electron chi connectivity index (χ3n) is 3.72. The summed E-state index contributed by atoms with van der Waals surface area (Å²) in [5, 5.41) is 0.733. The van der Waals surface area contributed by atoms with Gasteiger partial charge in [-0.1, -0.05) is 18.0 Å². The fourth-order valence-corrected chi connectivity index (χ4v) is 3.11. The van der Waals surface area contributed by atoms with E-state index in [0.717, 1.165) is 23.8 Å². The lowest BCUT2D eigenvalue weighted by molar-refractivity contribution is 0.462. The topological polar surface area (TPSA) is 42.2 Å². The minimum atomic E-state index is 0.532. The van der Waals surface area contributed by atoms with E-state index in [1.165, 1.54) is 19.3 Å². The summed E-state index contributed by atoms with van der Waals surface area (Å²) in [6, 6.07) is 2.53. The van der Waals surface area contributed by atoms with Gasteiger partial charge in [0.15, 0.2) is 0 Å². The number of halogens is 1. The number of rotatable bonds is 4. The Kier molecular flexibility index (Phi) is 4.24. The maximum absolute atomic E-state index is 6.23. The fourth-order valence-electron chi connectivity index (χ4n) is 2.89. The van der Waals surface area contributed by atoms with Crippen molar-refractivity contribution < 1.29 is 0 Å². The van der Waals surface area contributed by atoms with Crippen molar-refractivity contribution in [3.8, 4) is 0 Å². The summed E-state index contributed by atoms with van der Waals surface area (Å²) < 4.78 is 0. The molecule has 94 valence electrons. The summed E-state index contributed by atoms with van der Waals surface area (Å²) in [6.45, 7) is 3.90. The standard InChI is InChI=1S/C13H20ClN3/c1-2-17(12-5-3-4-10(12)8-15)13-6-7-16-9-11(13)14/h6-7,9-10,12H,2-5,8,15H2,1H3. The molecule has 2 N–H and O–H groups in total. The van der Waals surface area contributed by atoms with Crippen LogP contribution in [0.5, 0.6) is 0 Å². The lowest BCUT2D eigenvalue weighted by atomic mass is 10.0. The minimum absolute atomic E-state index is 0.532. The zero-order valence-electron chi connectivity index (χ0n) is 10.3. The third-order valence-corrected chi connectivity index (χ3v) is 4.01. The Bertz CT molecular complexity index is 369. The molecule has 4 heteroatoms. The van der Waals surface area contributed by atoms with Gasteiger partial charge in [0.2, 0.25) is 0 Å². The van der Waals surface area contributed by atoms with E-state index in [2.05, 4.69) is 16.8 Å². The second-order valence-corrected chi connectivity index (χ2v) is 5.01. The summed E-state index contributed by atoms with van der Waals surface area (Å²) in [5.41, 5.74) is 6.95. The molecule has 1 saturated carbocycles. The first-order chi connectivity index (χ1) is 8.27. The van der Waals surface area contributed by atoms with Gasteiger partial charge in [0.05, 0.1) is 10.7 Å². The van der Waals surface area contributed by atoms with Crippen LogP contribution >= 0.6 is 11.6 Å². The molecule has 2 rings (SSSR count). The smallest absolute Gasteiger partial charge is 0.0822 e. The second-order valence-electron chi connectivity index (χ2n) is 4.61. The van der Waals surface area contributed by atoms with Crippen LogP contribution in [0.25, 0.3) is 0 Å². The first-order valence-electron chi connectivity index (χ1n) is 6.34. The molecule has 0 spiro atoms. The lowest BCUT2D eigenvalue weighted by Crippen LogP contribution is -2.40. The minimum Gasteiger partial charge on any atom is -0.367 e. The zero-order valence-corrected chi connectivity index (χ0v) is 11.0. The molecule has 0 bridgehead atoms. The Morgan fingerprint density at radius 3 is 3.00 bits per heavy atom. The van der Waals surface area contributed by atoms with Crippen LogP contribution in [0.2, 0.25) is 5.02 Å². The molecule has 1 fully saturated rings. The van der Waals surface area contributed by atoms with Crippen LogP contribution in [-0.2, 0) is 0 Å². The zero-order chi connectivity index (χ0) is 12.3. The van der Waals surface area contributed by atoms with E-state index in [1.807, 2.05) is 6.07 Å². The van der Waals surface area contributed by atoms with E-state index in [-0.39, 0.29) is 0 Å². The quantitative estimate of drug-likeness (QED) is 0.897. The third kappa shape index (κ3) is 2.55. The summed E-state index contributed by atoms with van der Waals surface area (Å²) in [4.78, 5) is 6.43. The Hall–Kier alpha value is -0.800. The van der Waals surface area contributed by atoms with Crippen LogP contribution in [-0.4, -0.2) is 24.1 Å². The van der Waals surface area contributed by atoms with Crippen LogP contribution in [0, 0.1) is 5.92 Å². The van der Waals surface area contributed by atoms with E-state index in [4.69, 9.17) is 17.3 Å². The first kappa shape index (κ1) is 12.7. The van der Waals surface area contributed by atoms with E-state index >= 15 is 0 Å². The van der Waals surface area contributed by atoms with Crippen molar-refractivity contribution in [2.45, 2.75) is 32.2 Å². The van der Waals surface area contributed by atoms with E-state index in [9.17, 15) is 0 Å². The number of anilines is 1. The van der Waals surface area contributed by atoms with Gasteiger partial charge in [-0.25, -0.2) is 0 Å². The molecule has 0 aliphatic heterocycles. The van der Waals surface area contributed by atoms with Crippen molar-refractivity contribution in [3.63, 3.8) is 0 Å². The SMILES string of the molecule is CCN(c1ccncc1Cl)C1CCCC1CN. The maximum atomic E-state index is 6.23. The van der Waals surface area contributed by atoms with Gasteiger partial charge in [-0.3, -0.25) is 4.98 Å². The van der Waals surface area contributed by atoms with Crippen molar-refractivity contribution in [1.82, 2.24) is 4.98 Å². The average Bonchev–Trinajstić information content (AvgIpc) is 2.81. The van der Waals surface area contributed by atoms with Crippen LogP contribution in [0.1, 0.15) is 26.2 Å². The van der Waals surface area contributed by atoms with E-state index in [1.54, 1.807) is 12.4 Å². The molecule has 2 unspecified atom stereocenters. The Labute approximate surface area is 108 Å². The number of hydrogen-bond acceptors (Lipinski definition) is 3.